The molecule has 0 radical (unpaired) electrons. The minimum atomic E-state index is -2.10. The molecule has 1 atom stereocenters. The third kappa shape index (κ3) is 3.76. The molecule has 1 aromatic rings. The molecule has 1 rings (SSSR count). The molecule has 0 fully saturated rings. The Balaban J connectivity index is 3.39. The summed E-state index contributed by atoms with van der Waals surface area (Å²) in [4.78, 5) is 17.6. The van der Waals surface area contributed by atoms with Crippen LogP contribution >= 0.6 is 0 Å². The first-order valence-corrected chi connectivity index (χ1v) is 7.11. The summed E-state index contributed by atoms with van der Waals surface area (Å²) in [6.07, 6.45) is -1.55. The molecule has 20 heavy (non-hydrogen) atoms. The number of nitrogens with zero attached hydrogens (tertiary/aromatic N) is 3. The van der Waals surface area contributed by atoms with Gasteiger partial charge < -0.3 is 0 Å². The molecular weight excluding hydrogens is 302 g/mol. The number of halogens is 3. The second kappa shape index (κ2) is 6.07. The van der Waals surface area contributed by atoms with Crippen LogP contribution in [0.15, 0.2) is 0 Å². The van der Waals surface area contributed by atoms with Gasteiger partial charge in [-0.15, -0.1) is 0 Å². The average Bonchev–Trinajstić information content (AvgIpc) is 2.30. The normalized spacial score (nSPS) is 14.3. The number of carbonyl (C=O) groups excluding carboxylic acids is 1. The van der Waals surface area contributed by atoms with Crippen LogP contribution in [-0.2, 0) is 9.04 Å². The molecule has 0 amide bonds. The summed E-state index contributed by atoms with van der Waals surface area (Å²) in [7, 11) is 0. The van der Waals surface area contributed by atoms with Crippen LogP contribution in [0.5, 0.6) is 0 Å². The van der Waals surface area contributed by atoms with E-state index in [0.717, 1.165) is 0 Å². The summed E-state index contributed by atoms with van der Waals surface area (Å²) in [6, 6.07) is 1.56. The van der Waals surface area contributed by atoms with Crippen molar-refractivity contribution in [3.8, 4) is 6.07 Å². The van der Waals surface area contributed by atoms with E-state index in [9.17, 15) is 18.0 Å². The zero-order chi connectivity index (χ0) is 15.7. The summed E-state index contributed by atoms with van der Waals surface area (Å²) < 4.78 is 42.7. The van der Waals surface area contributed by atoms with Crippen molar-refractivity contribution in [2.45, 2.75) is 25.9 Å². The molecule has 0 N–H and O–H groups in total. The van der Waals surface area contributed by atoms with Crippen molar-refractivity contribution in [3.63, 3.8) is 0 Å². The van der Waals surface area contributed by atoms with Crippen molar-refractivity contribution in [1.82, 2.24) is 9.97 Å². The van der Waals surface area contributed by atoms with E-state index in [2.05, 4.69) is 9.97 Å². The van der Waals surface area contributed by atoms with Crippen LogP contribution in [-0.4, -0.2) is 70.5 Å². The molecule has 102 valence electrons. The molecule has 0 bridgehead atoms. The molecule has 0 saturated heterocycles. The van der Waals surface area contributed by atoms with E-state index in [1.165, 1.54) is 0 Å². The summed E-state index contributed by atoms with van der Waals surface area (Å²) in [5.74, 6) is -4.45. The monoisotopic (exact) mass is 311 g/mol. The van der Waals surface area contributed by atoms with Crippen LogP contribution in [0.25, 0.3) is 0 Å². The van der Waals surface area contributed by atoms with Gasteiger partial charge in [0, 0.05) is 0 Å². The van der Waals surface area contributed by atoms with Crippen molar-refractivity contribution in [2.24, 2.45) is 0 Å². The third-order valence-corrected chi connectivity index (χ3v) is 4.01. The van der Waals surface area contributed by atoms with Crippen LogP contribution in [0, 0.1) is 29.2 Å². The van der Waals surface area contributed by atoms with Crippen molar-refractivity contribution in [2.75, 3.05) is 0 Å². The van der Waals surface area contributed by atoms with Crippen LogP contribution in [0.1, 0.15) is 26.5 Å². The van der Waals surface area contributed by atoms with Gasteiger partial charge in [0.05, 0.1) is 0 Å². The summed E-state index contributed by atoms with van der Waals surface area (Å²) in [5.41, 5.74) is -1.85. The van der Waals surface area contributed by atoms with Crippen molar-refractivity contribution in [3.05, 3.63) is 23.5 Å². The molecule has 0 aliphatic carbocycles. The minimum absolute atomic E-state index is 0.703. The van der Waals surface area contributed by atoms with Crippen molar-refractivity contribution < 1.29 is 22.7 Å². The van der Waals surface area contributed by atoms with Crippen LogP contribution in [0.4, 0.5) is 13.2 Å². The molecule has 0 aromatic carbocycles. The second-order valence-electron chi connectivity index (χ2n) is 5.18. The van der Waals surface area contributed by atoms with E-state index < -0.39 is 83.6 Å². The van der Waals surface area contributed by atoms with Gasteiger partial charge in [0.2, 0.25) is 0 Å². The fourth-order valence-corrected chi connectivity index (χ4v) is 1.98. The van der Waals surface area contributed by atoms with Gasteiger partial charge in [-0.05, 0) is 0 Å². The van der Waals surface area contributed by atoms with Gasteiger partial charge in [-0.3, -0.25) is 0 Å². The van der Waals surface area contributed by atoms with E-state index in [1.54, 1.807) is 26.8 Å². The molecule has 1 unspecified atom stereocenters. The zero-order valence-electron chi connectivity index (χ0n) is 11.3. The van der Waals surface area contributed by atoms with Gasteiger partial charge in [0.15, 0.2) is 0 Å². The summed E-state index contributed by atoms with van der Waals surface area (Å²) in [6.45, 7) is 4.65. The molecule has 0 saturated carbocycles. The van der Waals surface area contributed by atoms with Gasteiger partial charge in [0.1, 0.15) is 0 Å². The Morgan fingerprint density at radius 2 is 1.85 bits per heavy atom. The number of aromatic nitrogens is 2. The van der Waals surface area contributed by atoms with Crippen molar-refractivity contribution in [1.29, 1.82) is 5.26 Å². The topological polar surface area (TPSA) is 75.9 Å². The number of carbonyl (C=O) groups is 1. The van der Waals surface area contributed by atoms with E-state index in [-0.39, 0.29) is 0 Å². The van der Waals surface area contributed by atoms with Gasteiger partial charge in [-0.1, -0.05) is 0 Å². The number of hydrogen-bond acceptors (Lipinski definition) is 5. The zero-order valence-corrected chi connectivity index (χ0v) is 14.4. The molecular formula is C11H9F3KN3O2. The maximum absolute atomic E-state index is 13.7. The predicted octanol–water partition coefficient (Wildman–Crippen LogP) is 1.12. The van der Waals surface area contributed by atoms with E-state index in [0.29, 0.717) is 0 Å². The van der Waals surface area contributed by atoms with Crippen LogP contribution in [0.3, 0.4) is 0 Å². The molecule has 0 aliphatic heterocycles. The first kappa shape index (κ1) is 17.5. The Bertz CT molecular complexity index is 598. The summed E-state index contributed by atoms with van der Waals surface area (Å²) in [5, 5.41) is 9.14. The fourth-order valence-electron chi connectivity index (χ4n) is 1.30. The molecule has 0 spiro atoms. The Hall–Kier alpha value is -0.534. The number of nitriles is 1. The van der Waals surface area contributed by atoms with Gasteiger partial charge in [0.25, 0.3) is 0 Å². The Kier molecular flexibility index (Phi) is 5.32. The Morgan fingerprint density at radius 1 is 1.30 bits per heavy atom. The molecule has 0 aliphatic rings. The fraction of sp³-hybridized carbons (Fsp3) is 0.455. The SMILES string of the molecule is CC(C)(C)OC(=O)[C]([K])(C#N)c1nc(F)nc(F)c1F. The van der Waals surface area contributed by atoms with Gasteiger partial charge in [-0.2, -0.15) is 0 Å². The van der Waals surface area contributed by atoms with Crippen molar-refractivity contribution >= 4 is 54.9 Å². The van der Waals surface area contributed by atoms with Crippen LogP contribution in [0.2, 0.25) is 0 Å². The standard InChI is InChI=1S/C11H9F3N3O2.K/c1-11(2,3)19-9(18)5(4-15)7-6(12)8(13)17-10(14)16-7;/h1-3H3;. The maximum atomic E-state index is 13.7. The molecule has 9 heteroatoms. The second-order valence-corrected chi connectivity index (χ2v) is 7.53. The first-order chi connectivity index (χ1) is 9.01. The third-order valence-electron chi connectivity index (χ3n) is 2.29. The summed E-state index contributed by atoms with van der Waals surface area (Å²) >= 11 is -0.703. The Labute approximate surface area is 147 Å². The van der Waals surface area contributed by atoms with E-state index in [4.69, 9.17) is 10.00 Å². The molecule has 1 aromatic heterocycles. The van der Waals surface area contributed by atoms with Gasteiger partial charge >= 0.3 is 148 Å². The number of rotatable bonds is 2. The Morgan fingerprint density at radius 3 is 2.30 bits per heavy atom. The molecule has 1 heterocycles. The number of esters is 1. The molecule has 5 nitrogen and oxygen atoms in total. The van der Waals surface area contributed by atoms with E-state index in [1.807, 2.05) is 0 Å². The predicted molar refractivity (Wildman–Crippen MR) is 60.8 cm³/mol. The number of ether oxygens (including phenoxy) is 1. The first-order valence-electron chi connectivity index (χ1n) is 5.55. The van der Waals surface area contributed by atoms with Gasteiger partial charge in [-0.25, -0.2) is 0 Å². The number of hydrogen-bond donors (Lipinski definition) is 0. The quantitative estimate of drug-likeness (QED) is 0.354. The van der Waals surface area contributed by atoms with E-state index >= 15 is 0 Å². The average molecular weight is 311 g/mol. The van der Waals surface area contributed by atoms with Crippen LogP contribution < -0.4 is 0 Å².